The van der Waals surface area contributed by atoms with Gasteiger partial charge in [0.15, 0.2) is 15.5 Å². The van der Waals surface area contributed by atoms with Crippen LogP contribution in [0.1, 0.15) is 33.6 Å². The number of benzene rings is 2. The lowest BCUT2D eigenvalue weighted by Gasteiger charge is -2.26. The number of ether oxygens (including phenoxy) is 2. The maximum absolute atomic E-state index is 13.8. The van der Waals surface area contributed by atoms with Gasteiger partial charge in [0, 0.05) is 37.3 Å². The van der Waals surface area contributed by atoms with Crippen LogP contribution in [0.2, 0.25) is 0 Å². The Morgan fingerprint density at radius 2 is 1.84 bits per heavy atom. The van der Waals surface area contributed by atoms with Gasteiger partial charge in [-0.3, -0.25) is 9.69 Å². The molecule has 3 aromatic rings. The Balaban J connectivity index is 1.33. The fourth-order valence-electron chi connectivity index (χ4n) is 5.96. The van der Waals surface area contributed by atoms with Gasteiger partial charge < -0.3 is 14.4 Å². The number of hydrogen-bond donors (Lipinski definition) is 0. The predicted molar refractivity (Wildman–Crippen MR) is 140 cm³/mol. The van der Waals surface area contributed by atoms with E-state index in [1.807, 2.05) is 30.0 Å². The number of nitrogens with zero attached hydrogens (tertiary/aromatic N) is 4. The van der Waals surface area contributed by atoms with E-state index >= 15 is 0 Å². The molecule has 4 aliphatic rings. The van der Waals surface area contributed by atoms with Gasteiger partial charge >= 0.3 is 0 Å². The number of carbonyl (C=O) groups is 1. The molecule has 1 aliphatic carbocycles. The summed E-state index contributed by atoms with van der Waals surface area (Å²) in [7, 11) is -3.62. The molecule has 7 rings (SSSR count). The molecular formula is C28H30N4O5S. The van der Waals surface area contributed by atoms with Gasteiger partial charge in [-0.15, -0.1) is 0 Å². The SMILES string of the molecule is Cc1cccc2c1-c1c(c(C(=O)N3CCOC4CC43)nn1-c1ccc(CN3CCOCC3)cc1)CS2(=O)=O. The minimum absolute atomic E-state index is 0.0470. The van der Waals surface area contributed by atoms with Crippen molar-refractivity contribution in [1.82, 2.24) is 19.6 Å². The minimum Gasteiger partial charge on any atom is -0.379 e. The number of rotatable bonds is 4. The van der Waals surface area contributed by atoms with Crippen LogP contribution >= 0.6 is 0 Å². The first kappa shape index (κ1) is 24.0. The normalized spacial score (nSPS) is 23.9. The fraction of sp³-hybridized carbons (Fsp3) is 0.429. The Hall–Kier alpha value is -3.05. The average molecular weight is 535 g/mol. The second kappa shape index (κ2) is 9.01. The summed E-state index contributed by atoms with van der Waals surface area (Å²) in [5.74, 6) is -0.458. The van der Waals surface area contributed by atoms with E-state index in [1.165, 1.54) is 5.56 Å². The third-order valence-corrected chi connectivity index (χ3v) is 9.72. The molecule has 1 amide bonds. The molecule has 9 nitrogen and oxygen atoms in total. The molecule has 0 radical (unpaired) electrons. The standard InChI is InChI=1S/C28H30N4O5S/c1-18-3-2-4-24-25(18)27-21(17-38(24,34)35)26(28(33)31-11-14-37-23-15-22(23)31)29-32(27)20-7-5-19(6-8-20)16-30-9-12-36-13-10-30/h2-8,22-23H,9-17H2,1H3. The van der Waals surface area contributed by atoms with Gasteiger partial charge in [-0.25, -0.2) is 13.1 Å². The van der Waals surface area contributed by atoms with E-state index in [-0.39, 0.29) is 29.5 Å². The summed E-state index contributed by atoms with van der Waals surface area (Å²) in [6.07, 6.45) is 0.899. The summed E-state index contributed by atoms with van der Waals surface area (Å²) >= 11 is 0. The van der Waals surface area contributed by atoms with E-state index in [9.17, 15) is 13.2 Å². The van der Waals surface area contributed by atoms with E-state index in [0.717, 1.165) is 50.5 Å². The lowest BCUT2D eigenvalue weighted by molar-refractivity contribution is 0.0258. The molecular weight excluding hydrogens is 504 g/mol. The van der Waals surface area contributed by atoms with Gasteiger partial charge in [0.1, 0.15) is 0 Å². The zero-order valence-electron chi connectivity index (χ0n) is 21.3. The third kappa shape index (κ3) is 3.98. The quantitative estimate of drug-likeness (QED) is 0.508. The molecule has 2 unspecified atom stereocenters. The molecule has 198 valence electrons. The zero-order chi connectivity index (χ0) is 26.0. The Bertz CT molecular complexity index is 1530. The Morgan fingerprint density at radius 1 is 1.05 bits per heavy atom. The number of sulfone groups is 1. The summed E-state index contributed by atoms with van der Waals surface area (Å²) in [5, 5.41) is 4.83. The molecule has 2 saturated heterocycles. The van der Waals surface area contributed by atoms with Crippen molar-refractivity contribution in [2.45, 2.75) is 42.7 Å². The third-order valence-electron chi connectivity index (χ3n) is 8.04. The van der Waals surface area contributed by atoms with Crippen LogP contribution in [0.3, 0.4) is 0 Å². The molecule has 0 bridgehead atoms. The molecule has 1 aromatic heterocycles. The van der Waals surface area contributed by atoms with Crippen LogP contribution in [0.25, 0.3) is 16.9 Å². The van der Waals surface area contributed by atoms with Crippen LogP contribution in [0.4, 0.5) is 0 Å². The average Bonchev–Trinajstić information content (AvgIpc) is 3.63. The number of amides is 1. The van der Waals surface area contributed by atoms with Crippen molar-refractivity contribution in [1.29, 1.82) is 0 Å². The molecule has 2 atom stereocenters. The number of morpholine rings is 2. The fourth-order valence-corrected chi connectivity index (χ4v) is 7.62. The lowest BCUT2D eigenvalue weighted by atomic mass is 10.0. The van der Waals surface area contributed by atoms with Crippen molar-refractivity contribution in [3.63, 3.8) is 0 Å². The van der Waals surface area contributed by atoms with Crippen molar-refractivity contribution in [2.24, 2.45) is 0 Å². The second-order valence-electron chi connectivity index (χ2n) is 10.6. The molecule has 3 aliphatic heterocycles. The first-order chi connectivity index (χ1) is 18.4. The highest BCUT2D eigenvalue weighted by molar-refractivity contribution is 7.90. The molecule has 38 heavy (non-hydrogen) atoms. The Kier molecular flexibility index (Phi) is 5.70. The van der Waals surface area contributed by atoms with Crippen molar-refractivity contribution in [3.05, 3.63) is 64.8 Å². The summed E-state index contributed by atoms with van der Waals surface area (Å²) in [6, 6.07) is 13.5. The van der Waals surface area contributed by atoms with Crippen LogP contribution in [-0.4, -0.2) is 85.5 Å². The number of aromatic nitrogens is 2. The second-order valence-corrected chi connectivity index (χ2v) is 12.5. The van der Waals surface area contributed by atoms with Crippen LogP contribution in [-0.2, 0) is 31.6 Å². The number of aryl methyl sites for hydroxylation is 1. The Morgan fingerprint density at radius 3 is 2.63 bits per heavy atom. The van der Waals surface area contributed by atoms with Gasteiger partial charge in [-0.05, 0) is 42.7 Å². The van der Waals surface area contributed by atoms with Crippen LogP contribution < -0.4 is 0 Å². The molecule has 4 heterocycles. The number of hydrogen-bond acceptors (Lipinski definition) is 7. The topological polar surface area (TPSA) is 94.0 Å². The first-order valence-corrected chi connectivity index (χ1v) is 14.8. The van der Waals surface area contributed by atoms with Crippen LogP contribution in [0.5, 0.6) is 0 Å². The number of fused-ring (bicyclic) bond motifs is 4. The van der Waals surface area contributed by atoms with Crippen LogP contribution in [0.15, 0.2) is 47.4 Å². The highest BCUT2D eigenvalue weighted by atomic mass is 32.2. The lowest BCUT2D eigenvalue weighted by Crippen LogP contribution is -2.41. The number of carbonyl (C=O) groups excluding carboxylic acids is 1. The molecule has 3 fully saturated rings. The van der Waals surface area contributed by atoms with Gasteiger partial charge in [-0.1, -0.05) is 24.3 Å². The molecule has 10 heteroatoms. The summed E-state index contributed by atoms with van der Waals surface area (Å²) < 4.78 is 39.7. The maximum atomic E-state index is 13.8. The van der Waals surface area contributed by atoms with E-state index in [2.05, 4.69) is 17.0 Å². The summed E-state index contributed by atoms with van der Waals surface area (Å²) in [4.78, 5) is 18.3. The summed E-state index contributed by atoms with van der Waals surface area (Å²) in [6.45, 7) is 7.04. The zero-order valence-corrected chi connectivity index (χ0v) is 22.1. The largest absolute Gasteiger partial charge is 0.379 e. The smallest absolute Gasteiger partial charge is 0.275 e. The van der Waals surface area contributed by atoms with Crippen molar-refractivity contribution in [2.75, 3.05) is 39.5 Å². The monoisotopic (exact) mass is 534 g/mol. The highest BCUT2D eigenvalue weighted by Gasteiger charge is 2.49. The van der Waals surface area contributed by atoms with Gasteiger partial charge in [0.2, 0.25) is 0 Å². The van der Waals surface area contributed by atoms with E-state index < -0.39 is 9.84 Å². The van der Waals surface area contributed by atoms with E-state index in [4.69, 9.17) is 14.6 Å². The van der Waals surface area contributed by atoms with Crippen molar-refractivity contribution in [3.8, 4) is 16.9 Å². The molecule has 1 saturated carbocycles. The van der Waals surface area contributed by atoms with E-state index in [0.29, 0.717) is 34.9 Å². The highest BCUT2D eigenvalue weighted by Crippen LogP contribution is 2.43. The molecule has 0 spiro atoms. The molecule has 0 N–H and O–H groups in total. The maximum Gasteiger partial charge on any atom is 0.275 e. The van der Waals surface area contributed by atoms with Gasteiger partial charge in [-0.2, -0.15) is 5.10 Å². The summed E-state index contributed by atoms with van der Waals surface area (Å²) in [5.41, 5.74) is 4.85. The van der Waals surface area contributed by atoms with E-state index in [1.54, 1.807) is 16.8 Å². The predicted octanol–water partition coefficient (Wildman–Crippen LogP) is 2.58. The van der Waals surface area contributed by atoms with Gasteiger partial charge in [0.05, 0.1) is 54.0 Å². The van der Waals surface area contributed by atoms with Crippen LogP contribution in [0, 0.1) is 6.92 Å². The van der Waals surface area contributed by atoms with Crippen molar-refractivity contribution < 1.29 is 22.7 Å². The Labute approximate surface area is 221 Å². The van der Waals surface area contributed by atoms with Crippen molar-refractivity contribution >= 4 is 15.7 Å². The van der Waals surface area contributed by atoms with Gasteiger partial charge in [0.25, 0.3) is 5.91 Å². The minimum atomic E-state index is -3.62. The first-order valence-electron chi connectivity index (χ1n) is 13.2. The molecule has 2 aromatic carbocycles.